The van der Waals surface area contributed by atoms with Gasteiger partial charge in [-0.25, -0.2) is 0 Å². The maximum atomic E-state index is 13.4. The number of hydrogen-bond acceptors (Lipinski definition) is 4. The summed E-state index contributed by atoms with van der Waals surface area (Å²) in [6.45, 7) is 1.66. The summed E-state index contributed by atoms with van der Waals surface area (Å²) >= 11 is 6.15. The van der Waals surface area contributed by atoms with Crippen molar-refractivity contribution in [3.05, 3.63) is 44.7 Å². The van der Waals surface area contributed by atoms with Gasteiger partial charge in [-0.1, -0.05) is 30.9 Å². The molecule has 4 rings (SSSR count). The Morgan fingerprint density at radius 2 is 1.97 bits per heavy atom. The molecule has 0 radical (unpaired) electrons. The quantitative estimate of drug-likeness (QED) is 0.589. The van der Waals surface area contributed by atoms with Crippen LogP contribution < -0.4 is 5.43 Å². The van der Waals surface area contributed by atoms with Crippen LogP contribution in [-0.4, -0.2) is 47.7 Å². The summed E-state index contributed by atoms with van der Waals surface area (Å²) in [5.74, 6) is 0. The van der Waals surface area contributed by atoms with Gasteiger partial charge < -0.3 is 10.1 Å². The van der Waals surface area contributed by atoms with Gasteiger partial charge in [0.25, 0.3) is 0 Å². The van der Waals surface area contributed by atoms with Crippen LogP contribution in [0.4, 0.5) is 0 Å². The van der Waals surface area contributed by atoms with E-state index in [4.69, 9.17) is 16.6 Å². The van der Waals surface area contributed by atoms with Gasteiger partial charge >= 0.3 is 0 Å². The Morgan fingerprint density at radius 3 is 2.69 bits per heavy atom. The highest BCUT2D eigenvalue weighted by molar-refractivity contribution is 6.31. The van der Waals surface area contributed by atoms with E-state index in [2.05, 4.69) is 19.0 Å². The number of rotatable bonds is 4. The molecule has 0 bridgehead atoms. The van der Waals surface area contributed by atoms with E-state index in [0.717, 1.165) is 50.1 Å². The Balaban J connectivity index is 1.84. The zero-order valence-corrected chi connectivity index (χ0v) is 18.1. The highest BCUT2D eigenvalue weighted by atomic mass is 35.5. The zero-order chi connectivity index (χ0) is 20.6. The molecule has 0 unspecified atom stereocenters. The van der Waals surface area contributed by atoms with Crippen LogP contribution in [-0.2, 0) is 6.42 Å². The lowest BCUT2D eigenvalue weighted by Crippen LogP contribution is -2.39. The van der Waals surface area contributed by atoms with E-state index in [9.17, 15) is 10.0 Å². The molecule has 1 saturated carbocycles. The molecule has 29 heavy (non-hydrogen) atoms. The molecule has 2 aromatic rings. The molecule has 0 amide bonds. The Kier molecular flexibility index (Phi) is 5.71. The van der Waals surface area contributed by atoms with Crippen LogP contribution in [0.1, 0.15) is 56.2 Å². The lowest BCUT2D eigenvalue weighted by Gasteiger charge is -2.41. The van der Waals surface area contributed by atoms with E-state index in [-0.39, 0.29) is 10.8 Å². The van der Waals surface area contributed by atoms with Crippen LogP contribution >= 0.6 is 11.6 Å². The molecule has 0 saturated heterocycles. The van der Waals surface area contributed by atoms with Crippen molar-refractivity contribution in [1.82, 2.24) is 9.63 Å². The molecule has 0 aliphatic heterocycles. The van der Waals surface area contributed by atoms with E-state index in [1.165, 1.54) is 24.0 Å². The number of hydrogen-bond donors (Lipinski definition) is 1. The van der Waals surface area contributed by atoms with Crippen molar-refractivity contribution >= 4 is 28.2 Å². The van der Waals surface area contributed by atoms with Crippen molar-refractivity contribution in [2.24, 2.45) is 10.4 Å². The number of nitrogens with zero attached hydrogens (tertiary/aromatic N) is 3. The molecule has 0 atom stereocenters. The standard InChI is InChI=1S/C23H30ClN3O2/c1-26(2)12-6-11-25-18-14-23(9-4-3-5-10-23)15-20-21(18)22(28)17-13-16(24)7-8-19(17)27(20)29/h7-8,13,29H,3-6,9-12,14-15H2,1-2H3. The van der Waals surface area contributed by atoms with E-state index in [0.29, 0.717) is 28.0 Å². The molecular formula is C23H30ClN3O2. The first kappa shape index (κ1) is 20.4. The fourth-order valence-corrected chi connectivity index (χ4v) is 5.28. The number of fused-ring (bicyclic) bond motifs is 2. The SMILES string of the molecule is CN(C)CCCN=C1CC2(CCCCC2)Cc2c1c(=O)c1cc(Cl)ccc1n2O. The molecule has 1 fully saturated rings. The van der Waals surface area contributed by atoms with Crippen molar-refractivity contribution in [2.45, 2.75) is 51.4 Å². The fourth-order valence-electron chi connectivity index (χ4n) is 5.11. The third-order valence-corrected chi connectivity index (χ3v) is 6.79. The zero-order valence-electron chi connectivity index (χ0n) is 17.4. The highest BCUT2D eigenvalue weighted by Gasteiger charge is 2.41. The molecule has 1 aromatic carbocycles. The summed E-state index contributed by atoms with van der Waals surface area (Å²) in [5, 5.41) is 12.0. The summed E-state index contributed by atoms with van der Waals surface area (Å²) in [5.41, 5.74) is 2.79. The van der Waals surface area contributed by atoms with Crippen molar-refractivity contribution in [2.75, 3.05) is 27.2 Å². The minimum absolute atomic E-state index is 0.0557. The normalized spacial score (nSPS) is 19.9. The second kappa shape index (κ2) is 8.11. The third-order valence-electron chi connectivity index (χ3n) is 6.56. The first-order valence-corrected chi connectivity index (χ1v) is 11.0. The van der Waals surface area contributed by atoms with Crippen molar-refractivity contribution in [1.29, 1.82) is 0 Å². The van der Waals surface area contributed by atoms with Gasteiger partial charge in [0.15, 0.2) is 5.43 Å². The second-order valence-corrected chi connectivity index (χ2v) is 9.46. The predicted octanol–water partition coefficient (Wildman–Crippen LogP) is 4.53. The van der Waals surface area contributed by atoms with Gasteiger partial charge in [0.05, 0.1) is 22.2 Å². The van der Waals surface area contributed by atoms with Crippen molar-refractivity contribution < 1.29 is 5.21 Å². The van der Waals surface area contributed by atoms with Crippen LogP contribution in [0.25, 0.3) is 10.9 Å². The van der Waals surface area contributed by atoms with Gasteiger partial charge in [-0.15, -0.1) is 0 Å². The second-order valence-electron chi connectivity index (χ2n) is 9.02. The maximum absolute atomic E-state index is 13.4. The molecule has 2 aliphatic rings. The summed E-state index contributed by atoms with van der Waals surface area (Å²) < 4.78 is 1.23. The minimum Gasteiger partial charge on any atom is -0.428 e. The lowest BCUT2D eigenvalue weighted by atomic mass is 9.64. The van der Waals surface area contributed by atoms with Crippen LogP contribution in [0.15, 0.2) is 28.0 Å². The van der Waals surface area contributed by atoms with Gasteiger partial charge in [0.1, 0.15) is 0 Å². The molecular weight excluding hydrogens is 386 g/mol. The molecule has 1 heterocycles. The molecule has 156 valence electrons. The Labute approximate surface area is 177 Å². The number of benzene rings is 1. The molecule has 1 N–H and O–H groups in total. The van der Waals surface area contributed by atoms with E-state index >= 15 is 0 Å². The van der Waals surface area contributed by atoms with E-state index in [1.54, 1.807) is 18.2 Å². The average Bonchev–Trinajstić information content (AvgIpc) is 2.69. The van der Waals surface area contributed by atoms with Gasteiger partial charge in [-0.3, -0.25) is 9.79 Å². The van der Waals surface area contributed by atoms with Crippen molar-refractivity contribution in [3.63, 3.8) is 0 Å². The monoisotopic (exact) mass is 415 g/mol. The smallest absolute Gasteiger partial charge is 0.199 e. The van der Waals surface area contributed by atoms with E-state index in [1.807, 2.05) is 0 Å². The molecule has 1 spiro atoms. The van der Waals surface area contributed by atoms with Gasteiger partial charge in [0.2, 0.25) is 0 Å². The first-order valence-electron chi connectivity index (χ1n) is 10.7. The summed E-state index contributed by atoms with van der Waals surface area (Å²) in [6.07, 6.45) is 8.49. The summed E-state index contributed by atoms with van der Waals surface area (Å²) in [6, 6.07) is 5.11. The van der Waals surface area contributed by atoms with E-state index < -0.39 is 0 Å². The summed E-state index contributed by atoms with van der Waals surface area (Å²) in [7, 11) is 4.11. The molecule has 5 nitrogen and oxygen atoms in total. The molecule has 6 heteroatoms. The van der Waals surface area contributed by atoms with Gasteiger partial charge in [0, 0.05) is 17.3 Å². The fraction of sp³-hybridized carbons (Fsp3) is 0.565. The molecule has 2 aliphatic carbocycles. The highest BCUT2D eigenvalue weighted by Crippen LogP contribution is 2.46. The van der Waals surface area contributed by atoms with Crippen LogP contribution in [0, 0.1) is 5.41 Å². The Bertz CT molecular complexity index is 1000. The topological polar surface area (TPSA) is 57.8 Å². The predicted molar refractivity (Wildman–Crippen MR) is 119 cm³/mol. The van der Waals surface area contributed by atoms with Gasteiger partial charge in [-0.2, -0.15) is 4.73 Å². The number of pyridine rings is 1. The van der Waals surface area contributed by atoms with Crippen LogP contribution in [0.5, 0.6) is 0 Å². The maximum Gasteiger partial charge on any atom is 0.199 e. The lowest BCUT2D eigenvalue weighted by molar-refractivity contribution is 0.148. The van der Waals surface area contributed by atoms with Crippen LogP contribution in [0.3, 0.4) is 0 Å². The first-order chi connectivity index (χ1) is 13.9. The summed E-state index contributed by atoms with van der Waals surface area (Å²) in [4.78, 5) is 20.5. The number of halogens is 1. The van der Waals surface area contributed by atoms with Crippen molar-refractivity contribution in [3.8, 4) is 0 Å². The number of aromatic nitrogens is 1. The van der Waals surface area contributed by atoms with Gasteiger partial charge in [-0.05, 0) is 76.4 Å². The Morgan fingerprint density at radius 1 is 1.21 bits per heavy atom. The largest absolute Gasteiger partial charge is 0.428 e. The number of aliphatic imine (C=N–C) groups is 1. The molecule has 1 aromatic heterocycles. The Hall–Kier alpha value is -1.85. The average molecular weight is 416 g/mol. The minimum atomic E-state index is -0.0557. The third kappa shape index (κ3) is 3.95. The van der Waals surface area contributed by atoms with Crippen LogP contribution in [0.2, 0.25) is 5.02 Å².